The van der Waals surface area contributed by atoms with Gasteiger partial charge in [0.15, 0.2) is 5.69 Å². The monoisotopic (exact) mass is 489 g/mol. The van der Waals surface area contributed by atoms with E-state index < -0.39 is 40.8 Å². The van der Waals surface area contributed by atoms with Crippen molar-refractivity contribution in [3.05, 3.63) is 62.2 Å². The molecule has 1 aliphatic rings. The molecule has 0 radical (unpaired) electrons. The topological polar surface area (TPSA) is 117 Å². The molecule has 1 aliphatic heterocycles. The average molecular weight is 490 g/mol. The van der Waals surface area contributed by atoms with Gasteiger partial charge in [0.1, 0.15) is 5.82 Å². The first kappa shape index (κ1) is 26.0. The van der Waals surface area contributed by atoms with Crippen molar-refractivity contribution in [2.24, 2.45) is 0 Å². The Kier molecular flexibility index (Phi) is 7.67. The van der Waals surface area contributed by atoms with Gasteiger partial charge in [0, 0.05) is 38.8 Å². The molecule has 2 aromatic rings. The third-order valence-electron chi connectivity index (χ3n) is 6.24. The van der Waals surface area contributed by atoms with Gasteiger partial charge in [-0.05, 0) is 51.8 Å². The van der Waals surface area contributed by atoms with Crippen molar-refractivity contribution in [2.45, 2.75) is 58.8 Å². The van der Waals surface area contributed by atoms with Gasteiger partial charge < -0.3 is 20.2 Å². The number of carbonyl (C=O) groups excluding carboxylic acids is 2. The Morgan fingerprint density at radius 1 is 1.17 bits per heavy atom. The highest BCUT2D eigenvalue weighted by molar-refractivity contribution is 5.95. The van der Waals surface area contributed by atoms with Crippen LogP contribution >= 0.6 is 0 Å². The van der Waals surface area contributed by atoms with Gasteiger partial charge in [-0.25, -0.2) is 14.0 Å². The summed E-state index contributed by atoms with van der Waals surface area (Å²) in [6.45, 7) is 7.43. The first-order valence-electron chi connectivity index (χ1n) is 11.6. The SMILES string of the molecule is CC(C)N(C)C(=O)NCCC1CN(Cc2ccc(F)cc2)C(=O)c2c(O)c(=O)n(C(C)C)c(=O)n21. The molecule has 3 rings (SSSR count). The van der Waals surface area contributed by atoms with Gasteiger partial charge in [0.2, 0.25) is 5.75 Å². The molecule has 0 aliphatic carbocycles. The van der Waals surface area contributed by atoms with Gasteiger partial charge in [-0.2, -0.15) is 0 Å². The maximum absolute atomic E-state index is 13.3. The van der Waals surface area contributed by atoms with E-state index in [9.17, 15) is 28.7 Å². The van der Waals surface area contributed by atoms with Crippen LogP contribution in [0.4, 0.5) is 9.18 Å². The number of amides is 3. The van der Waals surface area contributed by atoms with Gasteiger partial charge in [-0.1, -0.05) is 12.1 Å². The molecule has 35 heavy (non-hydrogen) atoms. The zero-order valence-electron chi connectivity index (χ0n) is 20.6. The van der Waals surface area contributed by atoms with Crippen molar-refractivity contribution in [3.63, 3.8) is 0 Å². The fraction of sp³-hybridized carbons (Fsp3) is 0.500. The van der Waals surface area contributed by atoms with Crippen LogP contribution < -0.4 is 16.6 Å². The summed E-state index contributed by atoms with van der Waals surface area (Å²) < 4.78 is 15.4. The number of rotatable bonds is 7. The van der Waals surface area contributed by atoms with E-state index in [1.165, 1.54) is 38.6 Å². The van der Waals surface area contributed by atoms with E-state index in [-0.39, 0.29) is 43.8 Å². The Morgan fingerprint density at radius 2 is 1.80 bits per heavy atom. The largest absolute Gasteiger partial charge is 0.501 e. The summed E-state index contributed by atoms with van der Waals surface area (Å²) in [6, 6.07) is 4.20. The van der Waals surface area contributed by atoms with E-state index in [0.29, 0.717) is 5.56 Å². The van der Waals surface area contributed by atoms with Gasteiger partial charge in [0.05, 0.1) is 6.04 Å². The highest BCUT2D eigenvalue weighted by atomic mass is 19.1. The Balaban J connectivity index is 1.99. The summed E-state index contributed by atoms with van der Waals surface area (Å²) in [5, 5.41) is 13.5. The average Bonchev–Trinajstić information content (AvgIpc) is 2.79. The zero-order chi connectivity index (χ0) is 26.0. The Morgan fingerprint density at radius 3 is 2.37 bits per heavy atom. The number of hydrogen-bond acceptors (Lipinski definition) is 5. The molecular weight excluding hydrogens is 457 g/mol. The summed E-state index contributed by atoms with van der Waals surface area (Å²) in [5.74, 6) is -1.88. The van der Waals surface area contributed by atoms with E-state index in [1.807, 2.05) is 13.8 Å². The molecule has 0 bridgehead atoms. The van der Waals surface area contributed by atoms with Gasteiger partial charge in [0.25, 0.3) is 11.5 Å². The third kappa shape index (κ3) is 5.23. The van der Waals surface area contributed by atoms with Crippen molar-refractivity contribution in [1.29, 1.82) is 0 Å². The number of aromatic hydroxyl groups is 1. The number of benzene rings is 1. The molecule has 1 aromatic carbocycles. The van der Waals surface area contributed by atoms with Crippen molar-refractivity contribution in [3.8, 4) is 5.75 Å². The summed E-state index contributed by atoms with van der Waals surface area (Å²) >= 11 is 0. The lowest BCUT2D eigenvalue weighted by Crippen LogP contribution is -2.53. The molecule has 0 saturated heterocycles. The third-order valence-corrected chi connectivity index (χ3v) is 6.24. The fourth-order valence-corrected chi connectivity index (χ4v) is 4.07. The number of hydrogen-bond donors (Lipinski definition) is 2. The number of aromatic nitrogens is 2. The van der Waals surface area contributed by atoms with Crippen molar-refractivity contribution in [1.82, 2.24) is 24.3 Å². The highest BCUT2D eigenvalue weighted by Crippen LogP contribution is 2.27. The molecule has 1 aromatic heterocycles. The number of fused-ring (bicyclic) bond motifs is 1. The van der Waals surface area contributed by atoms with E-state index >= 15 is 0 Å². The maximum atomic E-state index is 13.3. The number of halogens is 1. The van der Waals surface area contributed by atoms with Crippen molar-refractivity contribution >= 4 is 11.9 Å². The van der Waals surface area contributed by atoms with Gasteiger partial charge in [-0.15, -0.1) is 0 Å². The molecule has 11 heteroatoms. The Labute approximate surface area is 202 Å². The molecule has 2 heterocycles. The molecule has 10 nitrogen and oxygen atoms in total. The van der Waals surface area contributed by atoms with Crippen LogP contribution in [0.1, 0.15) is 62.3 Å². The molecule has 0 saturated carbocycles. The second-order valence-electron chi connectivity index (χ2n) is 9.31. The molecule has 1 unspecified atom stereocenters. The van der Waals surface area contributed by atoms with Crippen molar-refractivity contribution in [2.75, 3.05) is 20.1 Å². The molecular formula is C24H32FN5O5. The number of nitrogens with one attached hydrogen (secondary N) is 1. The molecule has 190 valence electrons. The standard InChI is InChI=1S/C24H32FN5O5/c1-14(2)27(5)23(34)26-11-10-18-13-28(12-16-6-8-17(25)9-7-16)21(32)19-20(31)22(33)29(15(3)4)24(35)30(18)19/h6-9,14-15,18,31H,10-13H2,1-5H3,(H,26,34). The van der Waals surface area contributed by atoms with Crippen LogP contribution in [-0.4, -0.2) is 62.2 Å². The molecule has 0 fully saturated rings. The van der Waals surface area contributed by atoms with Gasteiger partial charge >= 0.3 is 11.7 Å². The highest BCUT2D eigenvalue weighted by Gasteiger charge is 2.37. The van der Waals surface area contributed by atoms with Crippen LogP contribution in [0.5, 0.6) is 5.75 Å². The van der Waals surface area contributed by atoms with Crippen molar-refractivity contribution < 1.29 is 19.1 Å². The first-order chi connectivity index (χ1) is 16.4. The predicted octanol–water partition coefficient (Wildman–Crippen LogP) is 2.07. The minimum absolute atomic E-state index is 0.00531. The van der Waals surface area contributed by atoms with Crippen LogP contribution in [0, 0.1) is 5.82 Å². The second-order valence-corrected chi connectivity index (χ2v) is 9.31. The smallest absolute Gasteiger partial charge is 0.332 e. The van der Waals surface area contributed by atoms with Crippen LogP contribution in [0.25, 0.3) is 0 Å². The minimum atomic E-state index is -0.932. The van der Waals surface area contributed by atoms with Gasteiger partial charge in [-0.3, -0.25) is 18.7 Å². The molecule has 3 amide bonds. The Hall–Kier alpha value is -3.63. The van der Waals surface area contributed by atoms with E-state index in [2.05, 4.69) is 5.32 Å². The number of nitrogens with zero attached hydrogens (tertiary/aromatic N) is 4. The fourth-order valence-electron chi connectivity index (χ4n) is 4.07. The summed E-state index contributed by atoms with van der Waals surface area (Å²) in [4.78, 5) is 54.6. The number of urea groups is 1. The maximum Gasteiger partial charge on any atom is 0.332 e. The van der Waals surface area contributed by atoms with E-state index in [0.717, 1.165) is 4.57 Å². The summed E-state index contributed by atoms with van der Waals surface area (Å²) in [7, 11) is 1.67. The Bertz CT molecular complexity index is 1220. The number of carbonyl (C=O) groups is 2. The lowest BCUT2D eigenvalue weighted by Gasteiger charge is -2.36. The summed E-state index contributed by atoms with van der Waals surface area (Å²) in [5.41, 5.74) is -1.35. The molecule has 1 atom stereocenters. The minimum Gasteiger partial charge on any atom is -0.501 e. The predicted molar refractivity (Wildman–Crippen MR) is 128 cm³/mol. The lowest BCUT2D eigenvalue weighted by molar-refractivity contribution is 0.0629. The lowest BCUT2D eigenvalue weighted by atomic mass is 10.1. The van der Waals surface area contributed by atoms with Crippen LogP contribution in [-0.2, 0) is 6.54 Å². The normalized spacial score (nSPS) is 15.5. The second kappa shape index (κ2) is 10.3. The van der Waals surface area contributed by atoms with E-state index in [1.54, 1.807) is 20.9 Å². The van der Waals surface area contributed by atoms with E-state index in [4.69, 9.17) is 0 Å². The summed E-state index contributed by atoms with van der Waals surface area (Å²) in [6.07, 6.45) is 0.271. The van der Waals surface area contributed by atoms with Crippen LogP contribution in [0.2, 0.25) is 0 Å². The zero-order valence-corrected chi connectivity index (χ0v) is 20.6. The molecule has 2 N–H and O–H groups in total. The quantitative estimate of drug-likeness (QED) is 0.618. The van der Waals surface area contributed by atoms with Crippen LogP contribution in [0.3, 0.4) is 0 Å². The molecule has 0 spiro atoms. The first-order valence-corrected chi connectivity index (χ1v) is 11.6. The van der Waals surface area contributed by atoms with Crippen LogP contribution in [0.15, 0.2) is 33.9 Å².